The molecule has 1 saturated carbocycles. The second-order valence-electron chi connectivity index (χ2n) is 6.76. The molecule has 0 aliphatic heterocycles. The molecule has 1 fully saturated rings. The summed E-state index contributed by atoms with van der Waals surface area (Å²) in [7, 11) is 1.55. The highest BCUT2D eigenvalue weighted by Crippen LogP contribution is 2.43. The summed E-state index contributed by atoms with van der Waals surface area (Å²) in [5, 5.41) is 12.3. The monoisotopic (exact) mass is 308 g/mol. The van der Waals surface area contributed by atoms with E-state index in [1.807, 2.05) is 6.07 Å². The van der Waals surface area contributed by atoms with Crippen LogP contribution in [0.15, 0.2) is 18.2 Å². The molecular weight excluding hydrogens is 284 g/mol. The van der Waals surface area contributed by atoms with E-state index in [-0.39, 0.29) is 0 Å². The van der Waals surface area contributed by atoms with Gasteiger partial charge in [-0.1, -0.05) is 6.07 Å². The maximum atomic E-state index is 12.0. The van der Waals surface area contributed by atoms with Gasteiger partial charge in [0.25, 0.3) is 0 Å². The second-order valence-corrected chi connectivity index (χ2v) is 6.76. The van der Waals surface area contributed by atoms with Crippen LogP contribution < -0.4 is 15.8 Å². The average molecular weight is 308 g/mol. The molecule has 2 rings (SSSR count). The third kappa shape index (κ3) is 3.69. The third-order valence-corrected chi connectivity index (χ3v) is 3.60. The molecule has 1 aromatic rings. The van der Waals surface area contributed by atoms with Gasteiger partial charge in [0.1, 0.15) is 11.4 Å². The van der Waals surface area contributed by atoms with Gasteiger partial charge in [-0.2, -0.15) is 0 Å². The number of nitrogens with one attached hydrogen (secondary N) is 1. The topological polar surface area (TPSA) is 93.8 Å². The molecule has 0 bridgehead atoms. The van der Waals surface area contributed by atoms with Gasteiger partial charge >= 0.3 is 6.09 Å². The minimum atomic E-state index is -0.643. The highest BCUT2D eigenvalue weighted by atomic mass is 16.6. The van der Waals surface area contributed by atoms with Gasteiger partial charge < -0.3 is 20.3 Å². The molecule has 0 saturated heterocycles. The molecule has 0 atom stereocenters. The van der Waals surface area contributed by atoms with Crippen LogP contribution in [0, 0.1) is 0 Å². The van der Waals surface area contributed by atoms with Gasteiger partial charge in [-0.15, -0.1) is 0 Å². The molecule has 0 radical (unpaired) electrons. The van der Waals surface area contributed by atoms with E-state index in [0.29, 0.717) is 24.3 Å². The maximum absolute atomic E-state index is 12.0. The molecule has 6 nitrogen and oxygen atoms in total. The molecule has 0 aromatic heterocycles. The van der Waals surface area contributed by atoms with Crippen molar-refractivity contribution < 1.29 is 19.4 Å². The fraction of sp³-hybridized carbons (Fsp3) is 0.562. The Bertz CT molecular complexity index is 560. The summed E-state index contributed by atoms with van der Waals surface area (Å²) in [6, 6.07) is 5.31. The molecule has 22 heavy (non-hydrogen) atoms. The molecular formula is C16H24N2O4. The summed E-state index contributed by atoms with van der Waals surface area (Å²) in [4.78, 5) is 12.0. The Hall–Kier alpha value is -1.79. The van der Waals surface area contributed by atoms with E-state index in [1.165, 1.54) is 0 Å². The van der Waals surface area contributed by atoms with Crippen molar-refractivity contribution in [3.05, 3.63) is 23.8 Å². The molecule has 0 heterocycles. The molecule has 1 aliphatic rings. The van der Waals surface area contributed by atoms with Crippen molar-refractivity contribution in [1.82, 2.24) is 0 Å². The van der Waals surface area contributed by atoms with Crippen molar-refractivity contribution in [2.75, 3.05) is 12.4 Å². The SMILES string of the molecule is COc1ccc(C2(N)CC(O)C2)c(NC(=O)OC(C)(C)C)c1. The first-order valence-electron chi connectivity index (χ1n) is 7.28. The third-order valence-electron chi connectivity index (χ3n) is 3.60. The van der Waals surface area contributed by atoms with Crippen LogP contribution >= 0.6 is 0 Å². The number of benzene rings is 1. The first kappa shape index (κ1) is 16.6. The number of carbonyl (C=O) groups is 1. The normalized spacial score (nSPS) is 24.4. The Morgan fingerprint density at radius 3 is 2.55 bits per heavy atom. The molecule has 1 aliphatic carbocycles. The summed E-state index contributed by atoms with van der Waals surface area (Å²) >= 11 is 0. The minimum absolute atomic E-state index is 0.401. The summed E-state index contributed by atoms with van der Waals surface area (Å²) in [6.45, 7) is 5.39. The number of aliphatic hydroxyl groups excluding tert-OH is 1. The maximum Gasteiger partial charge on any atom is 0.412 e. The number of carbonyl (C=O) groups excluding carboxylic acids is 1. The van der Waals surface area contributed by atoms with Crippen molar-refractivity contribution in [1.29, 1.82) is 0 Å². The van der Waals surface area contributed by atoms with Crippen LogP contribution in [0.5, 0.6) is 5.75 Å². The lowest BCUT2D eigenvalue weighted by Gasteiger charge is -2.43. The number of hydrogen-bond acceptors (Lipinski definition) is 5. The number of methoxy groups -OCH3 is 1. The smallest absolute Gasteiger partial charge is 0.412 e. The van der Waals surface area contributed by atoms with E-state index < -0.39 is 23.3 Å². The molecule has 4 N–H and O–H groups in total. The number of ether oxygens (including phenoxy) is 2. The van der Waals surface area contributed by atoms with Crippen molar-refractivity contribution in [2.24, 2.45) is 5.73 Å². The second kappa shape index (κ2) is 5.78. The zero-order valence-electron chi connectivity index (χ0n) is 13.5. The Morgan fingerprint density at radius 1 is 1.41 bits per heavy atom. The van der Waals surface area contributed by atoms with Gasteiger partial charge in [-0.05, 0) is 45.2 Å². The number of hydrogen-bond donors (Lipinski definition) is 3. The summed E-state index contributed by atoms with van der Waals surface area (Å²) in [5.74, 6) is 0.610. The first-order chi connectivity index (χ1) is 10.1. The molecule has 1 aromatic carbocycles. The zero-order chi connectivity index (χ0) is 16.5. The summed E-state index contributed by atoms with van der Waals surface area (Å²) < 4.78 is 10.5. The van der Waals surface area contributed by atoms with Gasteiger partial charge in [0.05, 0.1) is 18.9 Å². The van der Waals surface area contributed by atoms with Crippen molar-refractivity contribution in [3.8, 4) is 5.75 Å². The van der Waals surface area contributed by atoms with E-state index in [2.05, 4.69) is 5.32 Å². The molecule has 1 amide bonds. The summed E-state index contributed by atoms with van der Waals surface area (Å²) in [6.07, 6.45) is -0.0306. The van der Waals surface area contributed by atoms with Crippen LogP contribution in [0.2, 0.25) is 0 Å². The van der Waals surface area contributed by atoms with E-state index >= 15 is 0 Å². The van der Waals surface area contributed by atoms with Gasteiger partial charge in [0, 0.05) is 11.6 Å². The first-order valence-corrected chi connectivity index (χ1v) is 7.28. The number of amides is 1. The zero-order valence-corrected chi connectivity index (χ0v) is 13.5. The number of aliphatic hydroxyl groups is 1. The van der Waals surface area contributed by atoms with Gasteiger partial charge in [-0.25, -0.2) is 4.79 Å². The fourth-order valence-electron chi connectivity index (χ4n) is 2.60. The lowest BCUT2D eigenvalue weighted by Crippen LogP contribution is -2.52. The predicted octanol–water partition coefficient (Wildman–Crippen LogP) is 2.35. The minimum Gasteiger partial charge on any atom is -0.497 e. The lowest BCUT2D eigenvalue weighted by atomic mass is 9.70. The van der Waals surface area contributed by atoms with Crippen molar-refractivity contribution >= 4 is 11.8 Å². The molecule has 122 valence electrons. The van der Waals surface area contributed by atoms with Crippen LogP contribution in [0.1, 0.15) is 39.2 Å². The van der Waals surface area contributed by atoms with Crippen LogP contribution in [0.3, 0.4) is 0 Å². The van der Waals surface area contributed by atoms with Crippen molar-refractivity contribution in [3.63, 3.8) is 0 Å². The fourth-order valence-corrected chi connectivity index (χ4v) is 2.60. The lowest BCUT2D eigenvalue weighted by molar-refractivity contribution is 0.0212. The van der Waals surface area contributed by atoms with Crippen LogP contribution in [-0.2, 0) is 10.3 Å². The quantitative estimate of drug-likeness (QED) is 0.797. The van der Waals surface area contributed by atoms with Crippen LogP contribution in [-0.4, -0.2) is 30.0 Å². The van der Waals surface area contributed by atoms with Crippen LogP contribution in [0.4, 0.5) is 10.5 Å². The molecule has 0 unspecified atom stereocenters. The Morgan fingerprint density at radius 2 is 2.05 bits per heavy atom. The number of anilines is 1. The van der Waals surface area contributed by atoms with Gasteiger partial charge in [-0.3, -0.25) is 5.32 Å². The molecule has 0 spiro atoms. The largest absolute Gasteiger partial charge is 0.497 e. The highest BCUT2D eigenvalue weighted by molar-refractivity contribution is 5.86. The highest BCUT2D eigenvalue weighted by Gasteiger charge is 2.43. The number of rotatable bonds is 3. The Kier molecular flexibility index (Phi) is 4.35. The average Bonchev–Trinajstić information content (AvgIpc) is 2.34. The van der Waals surface area contributed by atoms with E-state index in [1.54, 1.807) is 40.0 Å². The van der Waals surface area contributed by atoms with Gasteiger partial charge in [0.15, 0.2) is 0 Å². The molecule has 6 heteroatoms. The van der Waals surface area contributed by atoms with Gasteiger partial charge in [0.2, 0.25) is 0 Å². The predicted molar refractivity (Wildman–Crippen MR) is 84.0 cm³/mol. The Labute approximate surface area is 130 Å². The summed E-state index contributed by atoms with van der Waals surface area (Å²) in [5.41, 5.74) is 6.40. The van der Waals surface area contributed by atoms with Crippen LogP contribution in [0.25, 0.3) is 0 Å². The van der Waals surface area contributed by atoms with E-state index in [0.717, 1.165) is 5.56 Å². The Balaban J connectivity index is 2.26. The van der Waals surface area contributed by atoms with E-state index in [4.69, 9.17) is 15.2 Å². The number of nitrogens with two attached hydrogens (primary N) is 1. The standard InChI is InChI=1S/C16H24N2O4/c1-15(2,3)22-14(20)18-13-7-11(21-4)5-6-12(13)16(17)8-10(19)9-16/h5-7,10,19H,8-9,17H2,1-4H3,(H,18,20). The van der Waals surface area contributed by atoms with E-state index in [9.17, 15) is 9.90 Å². The van der Waals surface area contributed by atoms with Crippen molar-refractivity contribution in [2.45, 2.75) is 50.9 Å².